The Morgan fingerprint density at radius 1 is 1.23 bits per heavy atom. The van der Waals surface area contributed by atoms with Gasteiger partial charge in [0.25, 0.3) is 5.78 Å². The summed E-state index contributed by atoms with van der Waals surface area (Å²) in [6, 6.07) is 8.18. The van der Waals surface area contributed by atoms with E-state index in [9.17, 15) is 0 Å². The van der Waals surface area contributed by atoms with E-state index in [0.717, 1.165) is 22.8 Å². The monoisotopic (exact) mass is 297 g/mol. The number of hydrogen-bond donors (Lipinski definition) is 1. The Bertz CT molecular complexity index is 811. The molecule has 22 heavy (non-hydrogen) atoms. The van der Waals surface area contributed by atoms with Gasteiger partial charge in [0.05, 0.1) is 13.2 Å². The van der Waals surface area contributed by atoms with Gasteiger partial charge in [-0.2, -0.15) is 14.6 Å². The Kier molecular flexibility index (Phi) is 3.66. The molecule has 0 aliphatic carbocycles. The molecule has 2 heterocycles. The second kappa shape index (κ2) is 5.63. The van der Waals surface area contributed by atoms with Crippen LogP contribution in [0.2, 0.25) is 0 Å². The molecule has 0 saturated heterocycles. The Morgan fingerprint density at radius 3 is 2.82 bits per heavy atom. The molecule has 0 saturated carbocycles. The molecule has 6 heteroatoms. The molecule has 2 aromatic heterocycles. The highest BCUT2D eigenvalue weighted by Gasteiger charge is 2.14. The zero-order valence-corrected chi connectivity index (χ0v) is 13.2. The fourth-order valence-electron chi connectivity index (χ4n) is 2.53. The topological polar surface area (TPSA) is 64.3 Å². The molecule has 1 atom stereocenters. The minimum Gasteiger partial charge on any atom is -0.496 e. The number of benzene rings is 1. The molecular formula is C16H19N5O. The fourth-order valence-corrected chi connectivity index (χ4v) is 2.53. The first-order valence-electron chi connectivity index (χ1n) is 7.17. The van der Waals surface area contributed by atoms with Crippen LogP contribution < -0.4 is 10.1 Å². The third-order valence-electron chi connectivity index (χ3n) is 3.60. The zero-order chi connectivity index (χ0) is 15.7. The number of methoxy groups -OCH3 is 1. The van der Waals surface area contributed by atoms with Crippen LogP contribution in [0.1, 0.15) is 29.8 Å². The minimum absolute atomic E-state index is 0.0593. The summed E-state index contributed by atoms with van der Waals surface area (Å²) >= 11 is 0. The van der Waals surface area contributed by atoms with Gasteiger partial charge in [-0.25, -0.2) is 4.98 Å². The van der Waals surface area contributed by atoms with Crippen molar-refractivity contribution in [2.24, 2.45) is 0 Å². The first kappa shape index (κ1) is 14.3. The van der Waals surface area contributed by atoms with Crippen molar-refractivity contribution in [3.05, 3.63) is 47.4 Å². The summed E-state index contributed by atoms with van der Waals surface area (Å²) in [6.07, 6.45) is 1.50. The van der Waals surface area contributed by atoms with Crippen LogP contribution in [0.25, 0.3) is 5.78 Å². The number of aryl methyl sites for hydroxylation is 2. The van der Waals surface area contributed by atoms with Gasteiger partial charge in [0, 0.05) is 17.3 Å². The van der Waals surface area contributed by atoms with Gasteiger partial charge in [-0.15, -0.1) is 0 Å². The molecule has 1 unspecified atom stereocenters. The summed E-state index contributed by atoms with van der Waals surface area (Å²) in [5.41, 5.74) is 3.19. The van der Waals surface area contributed by atoms with Crippen molar-refractivity contribution in [2.45, 2.75) is 26.8 Å². The first-order chi connectivity index (χ1) is 10.6. The van der Waals surface area contributed by atoms with Crippen LogP contribution in [0.3, 0.4) is 0 Å². The maximum absolute atomic E-state index is 5.47. The molecule has 0 fully saturated rings. The van der Waals surface area contributed by atoms with E-state index in [2.05, 4.69) is 40.3 Å². The zero-order valence-electron chi connectivity index (χ0n) is 13.2. The molecule has 0 radical (unpaired) electrons. The summed E-state index contributed by atoms with van der Waals surface area (Å²) < 4.78 is 7.17. The van der Waals surface area contributed by atoms with Crippen molar-refractivity contribution < 1.29 is 4.74 Å². The largest absolute Gasteiger partial charge is 0.496 e. The third-order valence-corrected chi connectivity index (χ3v) is 3.60. The predicted octanol–water partition coefficient (Wildman–Crippen LogP) is 2.92. The lowest BCUT2D eigenvalue weighted by Gasteiger charge is -2.19. The molecule has 1 N–H and O–H groups in total. The predicted molar refractivity (Wildman–Crippen MR) is 85.3 cm³/mol. The summed E-state index contributed by atoms with van der Waals surface area (Å²) in [4.78, 5) is 8.49. The number of hydrogen-bond acceptors (Lipinski definition) is 5. The average Bonchev–Trinajstić information content (AvgIpc) is 2.95. The highest BCUT2D eigenvalue weighted by Crippen LogP contribution is 2.28. The molecule has 1 aromatic carbocycles. The van der Waals surface area contributed by atoms with Crippen LogP contribution in [-0.4, -0.2) is 26.7 Å². The summed E-state index contributed by atoms with van der Waals surface area (Å²) in [7, 11) is 1.69. The number of nitrogens with zero attached hydrogens (tertiary/aromatic N) is 4. The van der Waals surface area contributed by atoms with Gasteiger partial charge in [0.1, 0.15) is 17.9 Å². The Morgan fingerprint density at radius 2 is 2.05 bits per heavy atom. The van der Waals surface area contributed by atoms with E-state index in [-0.39, 0.29) is 6.04 Å². The molecular weight excluding hydrogens is 278 g/mol. The lowest BCUT2D eigenvalue weighted by atomic mass is 10.0. The van der Waals surface area contributed by atoms with Gasteiger partial charge in [0.15, 0.2) is 0 Å². The highest BCUT2D eigenvalue weighted by atomic mass is 16.5. The van der Waals surface area contributed by atoms with Crippen LogP contribution >= 0.6 is 0 Å². The number of nitrogens with one attached hydrogen (secondary N) is 1. The number of rotatable bonds is 4. The molecule has 6 nitrogen and oxygen atoms in total. The van der Waals surface area contributed by atoms with Gasteiger partial charge in [-0.1, -0.05) is 17.7 Å². The van der Waals surface area contributed by atoms with E-state index >= 15 is 0 Å². The normalized spacial score (nSPS) is 12.4. The van der Waals surface area contributed by atoms with E-state index in [4.69, 9.17) is 4.74 Å². The van der Waals surface area contributed by atoms with Crippen molar-refractivity contribution in [1.29, 1.82) is 0 Å². The molecule has 0 amide bonds. The number of fused-ring (bicyclic) bond motifs is 1. The smallest absolute Gasteiger partial charge is 0.254 e. The van der Waals surface area contributed by atoms with Crippen LogP contribution in [0, 0.1) is 13.8 Å². The van der Waals surface area contributed by atoms with Crippen LogP contribution in [-0.2, 0) is 0 Å². The third kappa shape index (κ3) is 2.59. The Hall–Kier alpha value is -2.63. The molecule has 3 aromatic rings. The van der Waals surface area contributed by atoms with Crippen molar-refractivity contribution in [2.75, 3.05) is 12.4 Å². The molecule has 0 aliphatic rings. The molecule has 0 aliphatic heterocycles. The van der Waals surface area contributed by atoms with E-state index in [1.54, 1.807) is 11.6 Å². The Balaban J connectivity index is 1.98. The average molecular weight is 297 g/mol. The standard InChI is InChI=1S/C16H19N5O/c1-10-5-6-14(22-4)13(7-10)12(3)20-15-8-11(2)19-16-17-9-18-21(15)16/h5-9,12,20H,1-4H3. The van der Waals surface area contributed by atoms with Gasteiger partial charge >= 0.3 is 0 Å². The van der Waals surface area contributed by atoms with E-state index in [1.807, 2.05) is 25.1 Å². The quantitative estimate of drug-likeness (QED) is 0.802. The van der Waals surface area contributed by atoms with Crippen molar-refractivity contribution in [1.82, 2.24) is 19.6 Å². The van der Waals surface area contributed by atoms with Crippen LogP contribution in [0.4, 0.5) is 5.82 Å². The van der Waals surface area contributed by atoms with Crippen molar-refractivity contribution >= 4 is 11.6 Å². The SMILES string of the molecule is COc1ccc(C)cc1C(C)Nc1cc(C)nc2ncnn12. The van der Waals surface area contributed by atoms with Crippen LogP contribution in [0.15, 0.2) is 30.6 Å². The summed E-state index contributed by atoms with van der Waals surface area (Å²) in [5.74, 6) is 2.31. The lowest BCUT2D eigenvalue weighted by molar-refractivity contribution is 0.407. The van der Waals surface area contributed by atoms with Gasteiger partial charge in [0.2, 0.25) is 0 Å². The fraction of sp³-hybridized carbons (Fsp3) is 0.312. The van der Waals surface area contributed by atoms with E-state index in [1.165, 1.54) is 11.9 Å². The number of anilines is 1. The molecule has 0 spiro atoms. The van der Waals surface area contributed by atoms with Crippen LogP contribution in [0.5, 0.6) is 5.75 Å². The van der Waals surface area contributed by atoms with E-state index < -0.39 is 0 Å². The molecule has 114 valence electrons. The van der Waals surface area contributed by atoms with E-state index in [0.29, 0.717) is 5.78 Å². The summed E-state index contributed by atoms with van der Waals surface area (Å²) in [5, 5.41) is 7.69. The number of aromatic nitrogens is 4. The second-order valence-corrected chi connectivity index (χ2v) is 5.37. The second-order valence-electron chi connectivity index (χ2n) is 5.37. The summed E-state index contributed by atoms with van der Waals surface area (Å²) in [6.45, 7) is 6.11. The lowest BCUT2D eigenvalue weighted by Crippen LogP contribution is -2.12. The Labute approximate surface area is 129 Å². The number of ether oxygens (including phenoxy) is 1. The van der Waals surface area contributed by atoms with Crippen molar-refractivity contribution in [3.8, 4) is 5.75 Å². The van der Waals surface area contributed by atoms with Crippen molar-refractivity contribution in [3.63, 3.8) is 0 Å². The maximum atomic E-state index is 5.47. The molecule has 0 bridgehead atoms. The van der Waals surface area contributed by atoms with Gasteiger partial charge in [-0.05, 0) is 26.8 Å². The molecule has 3 rings (SSSR count). The van der Waals surface area contributed by atoms with Gasteiger partial charge in [-0.3, -0.25) is 0 Å². The van der Waals surface area contributed by atoms with Gasteiger partial charge < -0.3 is 10.1 Å². The minimum atomic E-state index is 0.0593. The maximum Gasteiger partial charge on any atom is 0.254 e. The highest BCUT2D eigenvalue weighted by molar-refractivity contribution is 5.48. The first-order valence-corrected chi connectivity index (χ1v) is 7.17.